The lowest BCUT2D eigenvalue weighted by Gasteiger charge is -2.23. The zero-order valence-corrected chi connectivity index (χ0v) is 15.8. The molecule has 8 heteroatoms. The number of carbonyl (C=O) groups is 1. The first kappa shape index (κ1) is 20.6. The summed E-state index contributed by atoms with van der Waals surface area (Å²) in [5.74, 6) is -1.34. The summed E-state index contributed by atoms with van der Waals surface area (Å²) in [5, 5.41) is 2.89. The molecule has 1 aliphatic rings. The summed E-state index contributed by atoms with van der Waals surface area (Å²) >= 11 is 0. The molecule has 0 unspecified atom stereocenters. The lowest BCUT2D eigenvalue weighted by Crippen LogP contribution is -2.34. The second kappa shape index (κ2) is 9.30. The minimum absolute atomic E-state index is 0.0434. The third-order valence-corrected chi connectivity index (χ3v) is 5.84. The SMILES string of the molecule is CS(=O)(=O)N(CCCC(=O)NCC1CCCCC1)c1ccc(F)cc1F. The van der Waals surface area contributed by atoms with Gasteiger partial charge in [-0.15, -0.1) is 0 Å². The highest BCUT2D eigenvalue weighted by atomic mass is 32.2. The number of sulfonamides is 1. The molecule has 2 rings (SSSR count). The first-order chi connectivity index (χ1) is 12.3. The van der Waals surface area contributed by atoms with Gasteiger partial charge >= 0.3 is 0 Å². The van der Waals surface area contributed by atoms with Crippen molar-refractivity contribution in [2.45, 2.75) is 44.9 Å². The van der Waals surface area contributed by atoms with Gasteiger partial charge in [-0.3, -0.25) is 9.10 Å². The lowest BCUT2D eigenvalue weighted by atomic mass is 9.89. The Labute approximate surface area is 153 Å². The van der Waals surface area contributed by atoms with Gasteiger partial charge in [-0.05, 0) is 37.3 Å². The molecule has 0 spiro atoms. The van der Waals surface area contributed by atoms with Crippen molar-refractivity contribution in [2.75, 3.05) is 23.7 Å². The highest BCUT2D eigenvalue weighted by Gasteiger charge is 2.21. The number of nitrogens with zero attached hydrogens (tertiary/aromatic N) is 1. The fourth-order valence-corrected chi connectivity index (χ4v) is 4.24. The fourth-order valence-electron chi connectivity index (χ4n) is 3.27. The van der Waals surface area contributed by atoms with Crippen LogP contribution in [0.4, 0.5) is 14.5 Å². The van der Waals surface area contributed by atoms with Crippen LogP contribution in [-0.2, 0) is 14.8 Å². The minimum atomic E-state index is -3.74. The van der Waals surface area contributed by atoms with E-state index in [0.717, 1.165) is 35.5 Å². The summed E-state index contributed by atoms with van der Waals surface area (Å²) in [5.41, 5.74) is -0.212. The maximum Gasteiger partial charge on any atom is 0.232 e. The van der Waals surface area contributed by atoms with Crippen molar-refractivity contribution in [1.29, 1.82) is 0 Å². The van der Waals surface area contributed by atoms with Crippen LogP contribution in [0.15, 0.2) is 18.2 Å². The van der Waals surface area contributed by atoms with Crippen LogP contribution in [0.1, 0.15) is 44.9 Å². The molecule has 0 radical (unpaired) electrons. The van der Waals surface area contributed by atoms with Gasteiger partial charge in [-0.25, -0.2) is 17.2 Å². The van der Waals surface area contributed by atoms with Gasteiger partial charge in [0.1, 0.15) is 11.6 Å². The molecule has 1 aromatic carbocycles. The van der Waals surface area contributed by atoms with E-state index in [-0.39, 0.29) is 31.0 Å². The molecule has 0 aliphatic heterocycles. The van der Waals surface area contributed by atoms with E-state index in [1.165, 1.54) is 19.3 Å². The highest BCUT2D eigenvalue weighted by molar-refractivity contribution is 7.92. The number of benzene rings is 1. The molecule has 1 amide bonds. The number of hydrogen-bond donors (Lipinski definition) is 1. The third kappa shape index (κ3) is 6.23. The average Bonchev–Trinajstić information content (AvgIpc) is 2.58. The van der Waals surface area contributed by atoms with E-state index in [2.05, 4.69) is 5.32 Å². The van der Waals surface area contributed by atoms with Crippen LogP contribution < -0.4 is 9.62 Å². The van der Waals surface area contributed by atoms with Crippen molar-refractivity contribution in [2.24, 2.45) is 5.92 Å². The van der Waals surface area contributed by atoms with Crippen LogP contribution in [0, 0.1) is 17.6 Å². The number of carbonyl (C=O) groups excluding carboxylic acids is 1. The predicted octanol–water partition coefficient (Wildman–Crippen LogP) is 3.21. The second-order valence-electron chi connectivity index (χ2n) is 6.84. The standard InChI is InChI=1S/C18H26F2N2O3S/c1-26(24,25)22(17-10-9-15(19)12-16(17)20)11-5-8-18(23)21-13-14-6-3-2-4-7-14/h9-10,12,14H,2-8,11,13H2,1H3,(H,21,23). The molecule has 0 atom stereocenters. The van der Waals surface area contributed by atoms with E-state index in [1.807, 2.05) is 0 Å². The molecule has 1 N–H and O–H groups in total. The Hall–Kier alpha value is -1.70. The largest absolute Gasteiger partial charge is 0.356 e. The van der Waals surface area contributed by atoms with E-state index >= 15 is 0 Å². The van der Waals surface area contributed by atoms with Crippen molar-refractivity contribution in [3.63, 3.8) is 0 Å². The summed E-state index contributed by atoms with van der Waals surface area (Å²) in [6, 6.07) is 2.74. The Morgan fingerprint density at radius 1 is 1.23 bits per heavy atom. The Balaban J connectivity index is 1.86. The van der Waals surface area contributed by atoms with E-state index in [4.69, 9.17) is 0 Å². The molecule has 5 nitrogen and oxygen atoms in total. The first-order valence-corrected chi connectivity index (χ1v) is 10.8. The third-order valence-electron chi connectivity index (χ3n) is 4.66. The fraction of sp³-hybridized carbons (Fsp3) is 0.611. The van der Waals surface area contributed by atoms with Crippen molar-refractivity contribution in [1.82, 2.24) is 5.32 Å². The molecule has 0 saturated heterocycles. The smallest absolute Gasteiger partial charge is 0.232 e. The molecule has 0 heterocycles. The Morgan fingerprint density at radius 3 is 2.54 bits per heavy atom. The van der Waals surface area contributed by atoms with Gasteiger partial charge in [0, 0.05) is 25.6 Å². The topological polar surface area (TPSA) is 66.5 Å². The van der Waals surface area contributed by atoms with E-state index < -0.39 is 21.7 Å². The van der Waals surface area contributed by atoms with Gasteiger partial charge in [0.15, 0.2) is 0 Å². The molecule has 1 aliphatic carbocycles. The number of rotatable bonds is 8. The van der Waals surface area contributed by atoms with Gasteiger partial charge < -0.3 is 5.32 Å². The summed E-state index contributed by atoms with van der Waals surface area (Å²) in [6.07, 6.45) is 7.28. The van der Waals surface area contributed by atoms with Crippen LogP contribution in [0.5, 0.6) is 0 Å². The number of halogens is 2. The molecule has 0 aromatic heterocycles. The molecular weight excluding hydrogens is 362 g/mol. The molecule has 146 valence electrons. The van der Waals surface area contributed by atoms with Crippen molar-refractivity contribution in [3.05, 3.63) is 29.8 Å². The second-order valence-corrected chi connectivity index (χ2v) is 8.75. The summed E-state index contributed by atoms with van der Waals surface area (Å²) < 4.78 is 51.7. The van der Waals surface area contributed by atoms with Crippen LogP contribution in [0.2, 0.25) is 0 Å². The number of nitrogens with one attached hydrogen (secondary N) is 1. The minimum Gasteiger partial charge on any atom is -0.356 e. The maximum absolute atomic E-state index is 13.9. The van der Waals surface area contributed by atoms with Gasteiger partial charge in [0.05, 0.1) is 11.9 Å². The van der Waals surface area contributed by atoms with Gasteiger partial charge in [-0.1, -0.05) is 19.3 Å². The number of hydrogen-bond acceptors (Lipinski definition) is 3. The quantitative estimate of drug-likeness (QED) is 0.744. The molecule has 0 bridgehead atoms. The van der Waals surface area contributed by atoms with Crippen molar-refractivity contribution >= 4 is 21.6 Å². The predicted molar refractivity (Wildman–Crippen MR) is 97.4 cm³/mol. The average molecular weight is 388 g/mol. The molecule has 1 saturated carbocycles. The lowest BCUT2D eigenvalue weighted by molar-refractivity contribution is -0.121. The van der Waals surface area contributed by atoms with Crippen LogP contribution in [-0.4, -0.2) is 33.7 Å². The molecule has 1 aromatic rings. The molecular formula is C18H26F2N2O3S. The molecule has 1 fully saturated rings. The van der Waals surface area contributed by atoms with E-state index in [0.29, 0.717) is 18.5 Å². The van der Waals surface area contributed by atoms with E-state index in [9.17, 15) is 22.0 Å². The first-order valence-electron chi connectivity index (χ1n) is 8.97. The van der Waals surface area contributed by atoms with Crippen molar-refractivity contribution < 1.29 is 22.0 Å². The van der Waals surface area contributed by atoms with Crippen LogP contribution in [0.3, 0.4) is 0 Å². The Bertz CT molecular complexity index is 719. The van der Waals surface area contributed by atoms with Crippen LogP contribution in [0.25, 0.3) is 0 Å². The zero-order valence-electron chi connectivity index (χ0n) is 15.0. The Kier molecular flexibility index (Phi) is 7.37. The summed E-state index contributed by atoms with van der Waals surface area (Å²) in [7, 11) is -3.74. The van der Waals surface area contributed by atoms with E-state index in [1.54, 1.807) is 0 Å². The monoisotopic (exact) mass is 388 g/mol. The normalized spacial score (nSPS) is 15.7. The zero-order chi connectivity index (χ0) is 19.2. The number of anilines is 1. The maximum atomic E-state index is 13.9. The van der Waals surface area contributed by atoms with Gasteiger partial charge in [0.2, 0.25) is 15.9 Å². The summed E-state index contributed by atoms with van der Waals surface area (Å²) in [4.78, 5) is 12.0. The highest BCUT2D eigenvalue weighted by Crippen LogP contribution is 2.24. The Morgan fingerprint density at radius 2 is 1.92 bits per heavy atom. The number of amides is 1. The van der Waals surface area contributed by atoms with Gasteiger partial charge in [-0.2, -0.15) is 0 Å². The molecule has 26 heavy (non-hydrogen) atoms. The summed E-state index contributed by atoms with van der Waals surface area (Å²) in [6.45, 7) is 0.611. The van der Waals surface area contributed by atoms with Gasteiger partial charge in [0.25, 0.3) is 0 Å². The van der Waals surface area contributed by atoms with Crippen LogP contribution >= 0.6 is 0 Å². The van der Waals surface area contributed by atoms with Crippen molar-refractivity contribution in [3.8, 4) is 0 Å².